The Morgan fingerprint density at radius 1 is 1.16 bits per heavy atom. The van der Waals surface area contributed by atoms with E-state index in [1.54, 1.807) is 12.4 Å². The molecule has 0 bridgehead atoms. The minimum Gasteiger partial charge on any atom is -0.471 e. The number of nitrogens with zero attached hydrogens (tertiary/aromatic N) is 2. The zero-order valence-electron chi connectivity index (χ0n) is 10.2. The lowest BCUT2D eigenvalue weighted by Crippen LogP contribution is -2.06. The predicted molar refractivity (Wildman–Crippen MR) is 66.8 cm³/mol. The summed E-state index contributed by atoms with van der Waals surface area (Å²) in [7, 11) is 0. The van der Waals surface area contributed by atoms with E-state index in [2.05, 4.69) is 9.97 Å². The second-order valence-corrected chi connectivity index (χ2v) is 3.99. The fraction of sp³-hybridized carbons (Fsp3) is 0.231. The van der Waals surface area contributed by atoms with Crippen LogP contribution in [0.15, 0.2) is 30.6 Å². The van der Waals surface area contributed by atoms with E-state index < -0.39 is 0 Å². The molecule has 2 N–H and O–H groups in total. The molecule has 0 atom stereocenters. The molecule has 0 aliphatic carbocycles. The van der Waals surface area contributed by atoms with Gasteiger partial charge in [-0.15, -0.1) is 0 Å². The Morgan fingerprint density at radius 2 is 2.00 bits per heavy atom. The second-order valence-electron chi connectivity index (χ2n) is 3.99. The van der Waals surface area contributed by atoms with Crippen LogP contribution in [0.3, 0.4) is 0 Å². The summed E-state index contributed by atoms with van der Waals surface area (Å²) in [5, 5.41) is 0. The van der Waals surface area contributed by atoms with Crippen molar-refractivity contribution in [1.29, 1.82) is 0 Å². The van der Waals surface area contributed by atoms with Crippen LogP contribution in [0.25, 0.3) is 0 Å². The van der Waals surface area contributed by atoms with Gasteiger partial charge in [0.1, 0.15) is 12.3 Å². The average molecular weight is 259 g/mol. The number of ether oxygens (including phenoxy) is 3. The van der Waals surface area contributed by atoms with Crippen molar-refractivity contribution < 1.29 is 14.2 Å². The molecule has 0 amide bonds. The molecule has 1 aliphatic rings. The highest BCUT2D eigenvalue weighted by Crippen LogP contribution is 2.32. The molecule has 6 nitrogen and oxygen atoms in total. The van der Waals surface area contributed by atoms with Gasteiger partial charge in [0.15, 0.2) is 11.5 Å². The first-order chi connectivity index (χ1) is 9.36. The van der Waals surface area contributed by atoms with Crippen molar-refractivity contribution in [3.63, 3.8) is 0 Å². The van der Waals surface area contributed by atoms with Gasteiger partial charge < -0.3 is 19.9 Å². The van der Waals surface area contributed by atoms with Crippen LogP contribution >= 0.6 is 0 Å². The molecule has 2 heterocycles. The van der Waals surface area contributed by atoms with Crippen molar-refractivity contribution in [3.8, 4) is 17.4 Å². The standard InChI is InChI=1S/C13H13N3O3/c14-6-10-13(16-4-3-15-10)17-7-9-1-2-11-12(5-9)19-8-18-11/h1-5H,6-8,14H2. The van der Waals surface area contributed by atoms with E-state index in [1.807, 2.05) is 18.2 Å². The van der Waals surface area contributed by atoms with E-state index >= 15 is 0 Å². The molecule has 2 aromatic rings. The number of hydrogen-bond donors (Lipinski definition) is 1. The molecule has 0 unspecified atom stereocenters. The van der Waals surface area contributed by atoms with Crippen LogP contribution in [-0.2, 0) is 13.2 Å². The smallest absolute Gasteiger partial charge is 0.237 e. The quantitative estimate of drug-likeness (QED) is 0.890. The number of rotatable bonds is 4. The summed E-state index contributed by atoms with van der Waals surface area (Å²) in [6.45, 7) is 0.938. The van der Waals surface area contributed by atoms with Crippen molar-refractivity contribution in [1.82, 2.24) is 9.97 Å². The molecule has 0 spiro atoms. The van der Waals surface area contributed by atoms with Crippen LogP contribution in [-0.4, -0.2) is 16.8 Å². The minimum atomic E-state index is 0.265. The minimum absolute atomic E-state index is 0.265. The van der Waals surface area contributed by atoms with Gasteiger partial charge in [-0.3, -0.25) is 4.98 Å². The average Bonchev–Trinajstić information content (AvgIpc) is 2.93. The summed E-state index contributed by atoms with van der Waals surface area (Å²) in [6.07, 6.45) is 3.17. The van der Waals surface area contributed by atoms with Crippen LogP contribution in [0.5, 0.6) is 17.4 Å². The van der Waals surface area contributed by atoms with E-state index in [1.165, 1.54) is 0 Å². The molecule has 6 heteroatoms. The first-order valence-corrected chi connectivity index (χ1v) is 5.88. The van der Waals surface area contributed by atoms with Crippen molar-refractivity contribution in [3.05, 3.63) is 41.9 Å². The lowest BCUT2D eigenvalue weighted by Gasteiger charge is -2.08. The van der Waals surface area contributed by atoms with Crippen LogP contribution in [0.2, 0.25) is 0 Å². The summed E-state index contributed by atoms with van der Waals surface area (Å²) in [4.78, 5) is 8.23. The Kier molecular flexibility index (Phi) is 3.16. The SMILES string of the molecule is NCc1nccnc1OCc1ccc2c(c1)OCO2. The molecule has 98 valence electrons. The van der Waals surface area contributed by atoms with Gasteiger partial charge in [-0.05, 0) is 17.7 Å². The lowest BCUT2D eigenvalue weighted by molar-refractivity contribution is 0.174. The molecule has 19 heavy (non-hydrogen) atoms. The Hall–Kier alpha value is -2.34. The van der Waals surface area contributed by atoms with Crippen molar-refractivity contribution in [2.75, 3.05) is 6.79 Å². The zero-order valence-corrected chi connectivity index (χ0v) is 10.2. The van der Waals surface area contributed by atoms with Gasteiger partial charge in [-0.1, -0.05) is 6.07 Å². The predicted octanol–water partition coefficient (Wildman–Crippen LogP) is 1.24. The molecule has 1 aromatic carbocycles. The van der Waals surface area contributed by atoms with Crippen LogP contribution in [0, 0.1) is 0 Å². The van der Waals surface area contributed by atoms with Gasteiger partial charge in [0.25, 0.3) is 0 Å². The summed E-state index contributed by atoms with van der Waals surface area (Å²) < 4.78 is 16.2. The normalized spacial score (nSPS) is 12.5. The molecule has 1 aliphatic heterocycles. The largest absolute Gasteiger partial charge is 0.471 e. The zero-order chi connectivity index (χ0) is 13.1. The maximum Gasteiger partial charge on any atom is 0.237 e. The molecule has 0 fully saturated rings. The van der Waals surface area contributed by atoms with Crippen LogP contribution in [0.4, 0.5) is 0 Å². The molecule has 3 rings (SSSR count). The van der Waals surface area contributed by atoms with Gasteiger partial charge in [-0.2, -0.15) is 0 Å². The Labute approximate surface area is 110 Å². The molecule has 0 radical (unpaired) electrons. The van der Waals surface area contributed by atoms with E-state index in [4.69, 9.17) is 19.9 Å². The highest BCUT2D eigenvalue weighted by atomic mass is 16.7. The maximum absolute atomic E-state index is 5.62. The van der Waals surface area contributed by atoms with E-state index in [0.29, 0.717) is 24.7 Å². The molecular weight excluding hydrogens is 246 g/mol. The number of nitrogens with two attached hydrogens (primary N) is 1. The Balaban J connectivity index is 1.72. The molecule has 1 aromatic heterocycles. The molecule has 0 saturated carbocycles. The van der Waals surface area contributed by atoms with E-state index in [-0.39, 0.29) is 6.79 Å². The van der Waals surface area contributed by atoms with Crippen LogP contribution < -0.4 is 19.9 Å². The Morgan fingerprint density at radius 3 is 2.89 bits per heavy atom. The summed E-state index contributed by atoms with van der Waals surface area (Å²) >= 11 is 0. The summed E-state index contributed by atoms with van der Waals surface area (Å²) in [5.41, 5.74) is 7.19. The van der Waals surface area contributed by atoms with Crippen LogP contribution in [0.1, 0.15) is 11.3 Å². The van der Waals surface area contributed by atoms with Gasteiger partial charge in [-0.25, -0.2) is 4.98 Å². The third kappa shape index (κ3) is 2.43. The summed E-state index contributed by atoms with van der Waals surface area (Å²) in [5.74, 6) is 1.95. The highest BCUT2D eigenvalue weighted by Gasteiger charge is 2.13. The van der Waals surface area contributed by atoms with Gasteiger partial charge in [0.2, 0.25) is 12.7 Å². The number of aromatic nitrogens is 2. The third-order valence-corrected chi connectivity index (χ3v) is 2.74. The Bertz CT molecular complexity index is 589. The van der Waals surface area contributed by atoms with Crippen molar-refractivity contribution >= 4 is 0 Å². The van der Waals surface area contributed by atoms with Gasteiger partial charge in [0, 0.05) is 18.9 Å². The lowest BCUT2D eigenvalue weighted by atomic mass is 10.2. The van der Waals surface area contributed by atoms with E-state index in [0.717, 1.165) is 17.1 Å². The maximum atomic E-state index is 5.62. The van der Waals surface area contributed by atoms with Crippen molar-refractivity contribution in [2.24, 2.45) is 5.73 Å². The highest BCUT2D eigenvalue weighted by molar-refractivity contribution is 5.44. The first-order valence-electron chi connectivity index (χ1n) is 5.88. The first kappa shape index (κ1) is 11.7. The second kappa shape index (κ2) is 5.11. The number of fused-ring (bicyclic) bond motifs is 1. The van der Waals surface area contributed by atoms with Gasteiger partial charge >= 0.3 is 0 Å². The monoisotopic (exact) mass is 259 g/mol. The fourth-order valence-corrected chi connectivity index (χ4v) is 1.80. The number of benzene rings is 1. The van der Waals surface area contributed by atoms with Crippen molar-refractivity contribution in [2.45, 2.75) is 13.2 Å². The van der Waals surface area contributed by atoms with E-state index in [9.17, 15) is 0 Å². The number of hydrogen-bond acceptors (Lipinski definition) is 6. The van der Waals surface area contributed by atoms with Gasteiger partial charge in [0.05, 0.1) is 0 Å². The summed E-state index contributed by atoms with van der Waals surface area (Å²) in [6, 6.07) is 5.67. The molecule has 0 saturated heterocycles. The third-order valence-electron chi connectivity index (χ3n) is 2.74. The fourth-order valence-electron chi connectivity index (χ4n) is 1.80. The molecular formula is C13H13N3O3. The topological polar surface area (TPSA) is 79.5 Å².